The Balaban J connectivity index is 2.24. The van der Waals surface area contributed by atoms with E-state index in [2.05, 4.69) is 32.5 Å². The number of nitrogens with one attached hydrogen (secondary N) is 1. The number of aliphatic hydroxyl groups is 1. The van der Waals surface area contributed by atoms with Crippen LogP contribution in [0, 0.1) is 6.92 Å². The molecule has 1 aliphatic rings. The van der Waals surface area contributed by atoms with Gasteiger partial charge in [0.1, 0.15) is 5.48 Å². The van der Waals surface area contributed by atoms with Crippen LogP contribution in [-0.4, -0.2) is 42.3 Å². The van der Waals surface area contributed by atoms with E-state index in [0.29, 0.717) is 29.6 Å². The van der Waals surface area contributed by atoms with Crippen molar-refractivity contribution in [3.8, 4) is 0 Å². The van der Waals surface area contributed by atoms with E-state index in [1.54, 1.807) is 0 Å². The van der Waals surface area contributed by atoms with Crippen LogP contribution in [-0.2, 0) is 0 Å². The van der Waals surface area contributed by atoms with E-state index in [0.717, 1.165) is 29.0 Å². The lowest BCUT2D eigenvalue weighted by Gasteiger charge is -2.29. The van der Waals surface area contributed by atoms with Crippen LogP contribution in [0.15, 0.2) is 21.9 Å². The van der Waals surface area contributed by atoms with E-state index < -0.39 is 0 Å². The van der Waals surface area contributed by atoms with Crippen LogP contribution in [0.4, 0.5) is 22.9 Å². The third kappa shape index (κ3) is 3.15. The Kier molecular flexibility index (Phi) is 4.59. The Morgan fingerprint density at radius 3 is 2.76 bits per heavy atom. The quantitative estimate of drug-likeness (QED) is 0.783. The second kappa shape index (κ2) is 6.68. The molecule has 0 saturated carbocycles. The summed E-state index contributed by atoms with van der Waals surface area (Å²) in [6.07, 6.45) is 1.46. The first-order valence-corrected chi connectivity index (χ1v) is 8.30. The van der Waals surface area contributed by atoms with E-state index in [9.17, 15) is 4.79 Å². The van der Waals surface area contributed by atoms with E-state index in [-0.39, 0.29) is 12.2 Å². The van der Waals surface area contributed by atoms with Crippen molar-refractivity contribution in [1.29, 1.82) is 0 Å². The molecule has 0 atom stereocenters. The van der Waals surface area contributed by atoms with Gasteiger partial charge in [-0.1, -0.05) is 6.58 Å². The number of aryl methyl sites for hydroxylation is 1. The van der Waals surface area contributed by atoms with E-state index >= 15 is 0 Å². The standard InChI is InChI=1S/C18H23N5O2/c1-11-9-13-15(10-14(11)22(3)4)23(7-5-6-8-24)17-16(21-13)18(25)20-12(2)19-17/h9-10,24H,2,5-8H2,1,3-4H3,(H,20,25). The fourth-order valence-electron chi connectivity index (χ4n) is 3.09. The second-order valence-electron chi connectivity index (χ2n) is 6.40. The molecule has 0 fully saturated rings. The number of nitrogens with zero attached hydrogens (tertiary/aromatic N) is 4. The topological polar surface area (TPSA) is 84.8 Å². The van der Waals surface area contributed by atoms with Gasteiger partial charge in [-0.15, -0.1) is 0 Å². The largest absolute Gasteiger partial charge is 0.396 e. The summed E-state index contributed by atoms with van der Waals surface area (Å²) >= 11 is 0. The molecule has 1 aromatic carbocycles. The Labute approximate surface area is 146 Å². The first-order valence-electron chi connectivity index (χ1n) is 8.30. The Hall–Kier alpha value is -2.67. The molecule has 7 heteroatoms. The zero-order valence-corrected chi connectivity index (χ0v) is 14.8. The molecule has 0 aliphatic carbocycles. The van der Waals surface area contributed by atoms with Crippen molar-refractivity contribution in [2.24, 2.45) is 4.99 Å². The van der Waals surface area contributed by atoms with Crippen molar-refractivity contribution in [3.63, 3.8) is 0 Å². The number of hydrogen-bond donors (Lipinski definition) is 2. The van der Waals surface area contributed by atoms with Crippen molar-refractivity contribution >= 4 is 29.5 Å². The number of benzene rings is 1. The minimum atomic E-state index is -0.290. The summed E-state index contributed by atoms with van der Waals surface area (Å²) in [5, 5.41) is 9.41. The van der Waals surface area contributed by atoms with Crippen LogP contribution in [0.25, 0.3) is 6.58 Å². The van der Waals surface area contributed by atoms with Gasteiger partial charge in [-0.3, -0.25) is 4.79 Å². The molecule has 0 amide bonds. The van der Waals surface area contributed by atoms with Gasteiger partial charge in [0.15, 0.2) is 11.2 Å². The highest BCUT2D eigenvalue weighted by Gasteiger charge is 2.24. The molecule has 3 rings (SSSR count). The number of H-pyrrole nitrogens is 1. The number of rotatable bonds is 5. The number of aromatic nitrogens is 2. The Bertz CT molecular complexity index is 965. The second-order valence-corrected chi connectivity index (χ2v) is 6.40. The molecule has 0 radical (unpaired) electrons. The third-order valence-corrected chi connectivity index (χ3v) is 4.27. The molecule has 0 spiro atoms. The molecule has 1 aromatic heterocycles. The van der Waals surface area contributed by atoms with Gasteiger partial charge in [-0.25, -0.2) is 9.98 Å². The average Bonchev–Trinajstić information content (AvgIpc) is 2.54. The van der Waals surface area contributed by atoms with Gasteiger partial charge in [0, 0.05) is 32.9 Å². The summed E-state index contributed by atoms with van der Waals surface area (Å²) < 4.78 is 0. The summed E-state index contributed by atoms with van der Waals surface area (Å²) in [7, 11) is 3.99. The maximum absolute atomic E-state index is 12.3. The predicted molar refractivity (Wildman–Crippen MR) is 99.7 cm³/mol. The van der Waals surface area contributed by atoms with Crippen molar-refractivity contribution in [3.05, 3.63) is 38.9 Å². The highest BCUT2D eigenvalue weighted by atomic mass is 16.2. The number of fused-ring (bicyclic) bond motifs is 2. The molecule has 0 bridgehead atoms. The maximum atomic E-state index is 12.3. The van der Waals surface area contributed by atoms with E-state index in [1.165, 1.54) is 0 Å². The lowest BCUT2D eigenvalue weighted by molar-refractivity contribution is 0.285. The molecule has 2 aromatic rings. The molecule has 25 heavy (non-hydrogen) atoms. The number of aromatic amines is 1. The molecule has 132 valence electrons. The normalized spacial score (nSPS) is 12.4. The van der Waals surface area contributed by atoms with Gasteiger partial charge < -0.3 is 19.9 Å². The van der Waals surface area contributed by atoms with Crippen molar-refractivity contribution < 1.29 is 5.11 Å². The first-order chi connectivity index (χ1) is 11.9. The fourth-order valence-corrected chi connectivity index (χ4v) is 3.09. The molecule has 1 aliphatic heterocycles. The molecular weight excluding hydrogens is 318 g/mol. The van der Waals surface area contributed by atoms with Gasteiger partial charge in [0.25, 0.3) is 5.56 Å². The smallest absolute Gasteiger partial charge is 0.279 e. The van der Waals surface area contributed by atoms with Crippen molar-refractivity contribution in [2.45, 2.75) is 19.8 Å². The molecule has 0 unspecified atom stereocenters. The van der Waals surface area contributed by atoms with Gasteiger partial charge >= 0.3 is 0 Å². The maximum Gasteiger partial charge on any atom is 0.279 e. The van der Waals surface area contributed by atoms with Gasteiger partial charge in [-0.05, 0) is 37.5 Å². The zero-order valence-electron chi connectivity index (χ0n) is 14.8. The highest BCUT2D eigenvalue weighted by molar-refractivity contribution is 5.80. The van der Waals surface area contributed by atoms with Crippen LogP contribution in [0.1, 0.15) is 18.4 Å². The minimum Gasteiger partial charge on any atom is -0.396 e. The lowest BCUT2D eigenvalue weighted by atomic mass is 10.1. The summed E-state index contributed by atoms with van der Waals surface area (Å²) in [6, 6.07) is 4.06. The summed E-state index contributed by atoms with van der Waals surface area (Å²) in [6.45, 7) is 6.56. The summed E-state index contributed by atoms with van der Waals surface area (Å²) in [5.74, 6) is 0.521. The first kappa shape index (κ1) is 17.2. The van der Waals surface area contributed by atoms with Gasteiger partial charge in [-0.2, -0.15) is 0 Å². The monoisotopic (exact) mass is 341 g/mol. The SMILES string of the molecule is C=c1nc2c(c(=O)[nH]1)=Nc1cc(C)c(N(C)C)cc1N2CCCCO. The third-order valence-electron chi connectivity index (χ3n) is 4.27. The predicted octanol–water partition coefficient (Wildman–Crippen LogP) is 0.730. The number of unbranched alkanes of at least 4 members (excludes halogenated alkanes) is 1. The Morgan fingerprint density at radius 2 is 2.08 bits per heavy atom. The van der Waals surface area contributed by atoms with Crippen molar-refractivity contribution in [2.75, 3.05) is 37.0 Å². The van der Waals surface area contributed by atoms with Crippen LogP contribution in [0.3, 0.4) is 0 Å². The van der Waals surface area contributed by atoms with Crippen LogP contribution >= 0.6 is 0 Å². The van der Waals surface area contributed by atoms with Crippen LogP contribution in [0.5, 0.6) is 0 Å². The van der Waals surface area contributed by atoms with Crippen LogP contribution < -0.4 is 26.2 Å². The minimum absolute atomic E-state index is 0.137. The molecule has 7 nitrogen and oxygen atoms in total. The molecular formula is C18H23N5O2. The molecule has 2 heterocycles. The van der Waals surface area contributed by atoms with E-state index in [1.807, 2.05) is 32.0 Å². The van der Waals surface area contributed by atoms with Gasteiger partial charge in [0.2, 0.25) is 0 Å². The fraction of sp³-hybridized carbons (Fsp3) is 0.389. The molecule has 0 saturated heterocycles. The number of hydrogen-bond acceptors (Lipinski definition) is 6. The van der Waals surface area contributed by atoms with Gasteiger partial charge in [0.05, 0.1) is 11.4 Å². The lowest BCUT2D eigenvalue weighted by Crippen LogP contribution is -2.42. The van der Waals surface area contributed by atoms with E-state index in [4.69, 9.17) is 5.11 Å². The summed E-state index contributed by atoms with van der Waals surface area (Å²) in [4.78, 5) is 28.0. The number of anilines is 3. The van der Waals surface area contributed by atoms with Crippen LogP contribution in [0.2, 0.25) is 0 Å². The Morgan fingerprint density at radius 1 is 1.32 bits per heavy atom. The van der Waals surface area contributed by atoms with Crippen molar-refractivity contribution in [1.82, 2.24) is 9.97 Å². The summed E-state index contributed by atoms with van der Waals surface area (Å²) in [5.41, 5.74) is 3.87. The zero-order chi connectivity index (χ0) is 18.1. The average molecular weight is 341 g/mol. The molecule has 2 N–H and O–H groups in total. The number of aliphatic hydroxyl groups excluding tert-OH is 1. The highest BCUT2D eigenvalue weighted by Crippen LogP contribution is 2.39.